The molecule has 1 fully saturated rings. The van der Waals surface area contributed by atoms with Gasteiger partial charge in [-0.2, -0.15) is 0 Å². The van der Waals surface area contributed by atoms with Gasteiger partial charge in [0, 0.05) is 13.1 Å². The van der Waals surface area contributed by atoms with Crippen molar-refractivity contribution in [2.75, 3.05) is 26.7 Å². The van der Waals surface area contributed by atoms with Crippen molar-refractivity contribution in [1.29, 1.82) is 0 Å². The number of carbonyl (C=O) groups is 2. The molecule has 5 nitrogen and oxygen atoms in total. The Hall–Kier alpha value is -1.10. The van der Waals surface area contributed by atoms with Crippen molar-refractivity contribution in [3.05, 3.63) is 0 Å². The first-order valence-corrected chi connectivity index (χ1v) is 6.65. The lowest BCUT2D eigenvalue weighted by atomic mass is 10.0. The quantitative estimate of drug-likeness (QED) is 0.739. The number of nitrogens with zero attached hydrogens (tertiary/aromatic N) is 1. The third-order valence-corrected chi connectivity index (χ3v) is 3.30. The maximum absolute atomic E-state index is 11.9. The van der Waals surface area contributed by atoms with Gasteiger partial charge in [-0.1, -0.05) is 13.8 Å². The van der Waals surface area contributed by atoms with Crippen molar-refractivity contribution >= 4 is 11.9 Å². The van der Waals surface area contributed by atoms with E-state index in [0.29, 0.717) is 0 Å². The monoisotopic (exact) mass is 256 g/mol. The third-order valence-electron chi connectivity index (χ3n) is 3.30. The molecule has 0 aromatic carbocycles. The predicted octanol–water partition coefficient (Wildman–Crippen LogP) is 0.786. The highest BCUT2D eigenvalue weighted by Crippen LogP contribution is 2.09. The van der Waals surface area contributed by atoms with Crippen molar-refractivity contribution in [2.24, 2.45) is 5.92 Å². The Labute approximate surface area is 109 Å². The Morgan fingerprint density at radius 2 is 1.83 bits per heavy atom. The summed E-state index contributed by atoms with van der Waals surface area (Å²) in [5, 5.41) is 3.00. The number of hydrogen-bond donors (Lipinski definition) is 1. The van der Waals surface area contributed by atoms with Gasteiger partial charge in [0.25, 0.3) is 0 Å². The number of carbonyl (C=O) groups excluding carboxylic acids is 2. The molecule has 1 aliphatic rings. The zero-order valence-electron chi connectivity index (χ0n) is 11.6. The fourth-order valence-electron chi connectivity index (χ4n) is 2.17. The van der Waals surface area contributed by atoms with Crippen LogP contribution in [0.2, 0.25) is 0 Å². The van der Waals surface area contributed by atoms with Gasteiger partial charge in [-0.25, -0.2) is 0 Å². The van der Waals surface area contributed by atoms with E-state index in [-0.39, 0.29) is 24.3 Å². The summed E-state index contributed by atoms with van der Waals surface area (Å²) in [5.41, 5.74) is 0. The topological polar surface area (TPSA) is 58.6 Å². The molecule has 1 atom stereocenters. The number of ether oxygens (including phenoxy) is 1. The standard InChI is InChI=1S/C13H24N2O3/c1-10(2)12(13(17)18-3)14-9-11(16)15-7-5-4-6-8-15/h10,12,14H,4-9H2,1-3H3. The van der Waals surface area contributed by atoms with Crippen LogP contribution in [-0.2, 0) is 14.3 Å². The average molecular weight is 256 g/mol. The molecule has 1 amide bonds. The summed E-state index contributed by atoms with van der Waals surface area (Å²) in [5.74, 6) is -0.132. The van der Waals surface area contributed by atoms with Crippen molar-refractivity contribution in [3.8, 4) is 0 Å². The van der Waals surface area contributed by atoms with Gasteiger partial charge < -0.3 is 9.64 Å². The van der Waals surface area contributed by atoms with E-state index >= 15 is 0 Å². The lowest BCUT2D eigenvalue weighted by Crippen LogP contribution is -2.48. The fraction of sp³-hybridized carbons (Fsp3) is 0.846. The Balaban J connectivity index is 2.41. The summed E-state index contributed by atoms with van der Waals surface area (Å²) in [6.07, 6.45) is 3.36. The van der Waals surface area contributed by atoms with Gasteiger partial charge in [0.05, 0.1) is 13.7 Å². The van der Waals surface area contributed by atoms with Crippen molar-refractivity contribution < 1.29 is 14.3 Å². The molecule has 1 aliphatic heterocycles. The molecule has 18 heavy (non-hydrogen) atoms. The van der Waals surface area contributed by atoms with Crippen LogP contribution in [0.5, 0.6) is 0 Å². The van der Waals surface area contributed by atoms with Gasteiger partial charge in [-0.05, 0) is 25.2 Å². The molecule has 1 heterocycles. The summed E-state index contributed by atoms with van der Waals surface area (Å²) in [6.45, 7) is 5.74. The third kappa shape index (κ3) is 4.29. The number of nitrogens with one attached hydrogen (secondary N) is 1. The van der Waals surface area contributed by atoms with E-state index in [2.05, 4.69) is 5.32 Å². The average Bonchev–Trinajstić information content (AvgIpc) is 2.39. The molecule has 0 aromatic rings. The molecule has 0 aliphatic carbocycles. The normalized spacial score (nSPS) is 17.7. The number of methoxy groups -OCH3 is 1. The first-order chi connectivity index (χ1) is 8.56. The molecule has 1 N–H and O–H groups in total. The molecule has 1 rings (SSSR count). The van der Waals surface area contributed by atoms with Gasteiger partial charge in [0.2, 0.25) is 5.91 Å². The van der Waals surface area contributed by atoms with Crippen LogP contribution in [-0.4, -0.2) is 49.6 Å². The SMILES string of the molecule is COC(=O)C(NCC(=O)N1CCCCC1)C(C)C. The number of rotatable bonds is 5. The number of hydrogen-bond acceptors (Lipinski definition) is 4. The molecule has 1 unspecified atom stereocenters. The summed E-state index contributed by atoms with van der Waals surface area (Å²) in [7, 11) is 1.37. The molecule has 0 aromatic heterocycles. The molecule has 0 saturated carbocycles. The summed E-state index contributed by atoms with van der Waals surface area (Å²) in [4.78, 5) is 25.3. The smallest absolute Gasteiger partial charge is 0.323 e. The van der Waals surface area contributed by atoms with Crippen LogP contribution in [0.25, 0.3) is 0 Å². The first-order valence-electron chi connectivity index (χ1n) is 6.65. The second-order valence-electron chi connectivity index (χ2n) is 5.07. The Morgan fingerprint density at radius 1 is 1.22 bits per heavy atom. The zero-order chi connectivity index (χ0) is 13.5. The minimum absolute atomic E-state index is 0.0734. The van der Waals surface area contributed by atoms with E-state index in [1.807, 2.05) is 18.7 Å². The zero-order valence-corrected chi connectivity index (χ0v) is 11.6. The molecule has 1 saturated heterocycles. The van der Waals surface area contributed by atoms with Crippen molar-refractivity contribution in [1.82, 2.24) is 10.2 Å². The van der Waals surface area contributed by atoms with Gasteiger partial charge in [0.1, 0.15) is 6.04 Å². The summed E-state index contributed by atoms with van der Waals surface area (Å²) >= 11 is 0. The van der Waals surface area contributed by atoms with Crippen LogP contribution in [0.1, 0.15) is 33.1 Å². The predicted molar refractivity (Wildman–Crippen MR) is 69.1 cm³/mol. The van der Waals surface area contributed by atoms with Crippen LogP contribution in [0, 0.1) is 5.92 Å². The van der Waals surface area contributed by atoms with E-state index in [4.69, 9.17) is 4.74 Å². The molecule has 104 valence electrons. The van der Waals surface area contributed by atoms with Crippen LogP contribution < -0.4 is 5.32 Å². The number of piperidine rings is 1. The summed E-state index contributed by atoms with van der Waals surface area (Å²) in [6, 6.07) is -0.413. The molecule has 0 bridgehead atoms. The molecular weight excluding hydrogens is 232 g/mol. The van der Waals surface area contributed by atoms with Crippen LogP contribution in [0.15, 0.2) is 0 Å². The van der Waals surface area contributed by atoms with Gasteiger partial charge in [0.15, 0.2) is 0 Å². The highest BCUT2D eigenvalue weighted by molar-refractivity contribution is 5.80. The molecule has 0 spiro atoms. The van der Waals surface area contributed by atoms with E-state index < -0.39 is 6.04 Å². The van der Waals surface area contributed by atoms with Gasteiger partial charge in [-0.15, -0.1) is 0 Å². The fourth-order valence-corrected chi connectivity index (χ4v) is 2.17. The highest BCUT2D eigenvalue weighted by atomic mass is 16.5. The van der Waals surface area contributed by atoms with Crippen molar-refractivity contribution in [2.45, 2.75) is 39.2 Å². The second-order valence-corrected chi connectivity index (χ2v) is 5.07. The van der Waals surface area contributed by atoms with E-state index in [0.717, 1.165) is 25.9 Å². The number of amides is 1. The highest BCUT2D eigenvalue weighted by Gasteiger charge is 2.24. The maximum Gasteiger partial charge on any atom is 0.323 e. The maximum atomic E-state index is 11.9. The van der Waals surface area contributed by atoms with E-state index in [1.54, 1.807) is 0 Å². The molecular formula is C13H24N2O3. The number of likely N-dealkylation sites (tertiary alicyclic amines) is 1. The van der Waals surface area contributed by atoms with Crippen LogP contribution in [0.3, 0.4) is 0 Å². The van der Waals surface area contributed by atoms with Gasteiger partial charge in [-0.3, -0.25) is 14.9 Å². The summed E-state index contributed by atoms with van der Waals surface area (Å²) < 4.78 is 4.73. The van der Waals surface area contributed by atoms with E-state index in [9.17, 15) is 9.59 Å². The van der Waals surface area contributed by atoms with Crippen LogP contribution in [0.4, 0.5) is 0 Å². The lowest BCUT2D eigenvalue weighted by molar-refractivity contribution is -0.144. The minimum atomic E-state index is -0.413. The minimum Gasteiger partial charge on any atom is -0.468 e. The lowest BCUT2D eigenvalue weighted by Gasteiger charge is -2.28. The van der Waals surface area contributed by atoms with E-state index in [1.165, 1.54) is 13.5 Å². The first kappa shape index (κ1) is 15.0. The van der Waals surface area contributed by atoms with Crippen LogP contribution >= 0.6 is 0 Å². The van der Waals surface area contributed by atoms with Crippen molar-refractivity contribution in [3.63, 3.8) is 0 Å². The molecule has 0 radical (unpaired) electrons. The van der Waals surface area contributed by atoms with Gasteiger partial charge >= 0.3 is 5.97 Å². The molecule has 5 heteroatoms. The second kappa shape index (κ2) is 7.36. The Kier molecular flexibility index (Phi) is 6.12. The Bertz CT molecular complexity index is 286. The largest absolute Gasteiger partial charge is 0.468 e. The number of esters is 1. The Morgan fingerprint density at radius 3 is 2.33 bits per heavy atom.